The number of fused-ring (bicyclic) bond motifs is 1. The summed E-state index contributed by atoms with van der Waals surface area (Å²) in [7, 11) is 1.64. The Labute approximate surface area is 149 Å². The Morgan fingerprint density at radius 3 is 3.00 bits per heavy atom. The molecular weight excluding hydrogens is 314 g/mol. The lowest BCUT2D eigenvalue weighted by Gasteiger charge is -2.32. The van der Waals surface area contributed by atoms with Gasteiger partial charge in [-0.25, -0.2) is 4.98 Å². The molecule has 0 aliphatic carbocycles. The molecule has 0 saturated carbocycles. The average molecular weight is 341 g/mol. The van der Waals surface area contributed by atoms with Crippen molar-refractivity contribution in [2.24, 2.45) is 5.92 Å². The number of ether oxygens (including phenoxy) is 1. The molecule has 0 unspecified atom stereocenters. The van der Waals surface area contributed by atoms with Crippen LogP contribution in [0.15, 0.2) is 30.3 Å². The lowest BCUT2D eigenvalue weighted by molar-refractivity contribution is 0.0907. The van der Waals surface area contributed by atoms with Gasteiger partial charge in [0, 0.05) is 31.6 Å². The van der Waals surface area contributed by atoms with Crippen LogP contribution in [0.1, 0.15) is 37.0 Å². The monoisotopic (exact) mass is 341 g/mol. The molecule has 0 radical (unpaired) electrons. The average Bonchev–Trinajstić information content (AvgIpc) is 2.61. The predicted octanol–water partition coefficient (Wildman–Crippen LogP) is 3.24. The third-order valence-electron chi connectivity index (χ3n) is 4.72. The van der Waals surface area contributed by atoms with Gasteiger partial charge in [-0.05, 0) is 37.8 Å². The van der Waals surface area contributed by atoms with Crippen molar-refractivity contribution in [1.29, 1.82) is 0 Å². The third-order valence-corrected chi connectivity index (χ3v) is 4.72. The lowest BCUT2D eigenvalue weighted by atomic mass is 10.00. The van der Waals surface area contributed by atoms with E-state index < -0.39 is 0 Å². The van der Waals surface area contributed by atoms with Gasteiger partial charge in [-0.2, -0.15) is 0 Å². The Hall–Kier alpha value is -2.14. The van der Waals surface area contributed by atoms with Crippen molar-refractivity contribution in [3.8, 4) is 0 Å². The molecule has 3 rings (SSSR count). The minimum Gasteiger partial charge on any atom is -0.383 e. The summed E-state index contributed by atoms with van der Waals surface area (Å²) >= 11 is 0. The van der Waals surface area contributed by atoms with Crippen molar-refractivity contribution in [2.75, 3.05) is 31.7 Å². The van der Waals surface area contributed by atoms with Crippen molar-refractivity contribution in [3.63, 3.8) is 0 Å². The molecule has 1 N–H and O–H groups in total. The summed E-state index contributed by atoms with van der Waals surface area (Å²) in [5, 5.41) is 3.91. The van der Waals surface area contributed by atoms with Gasteiger partial charge in [-0.15, -0.1) is 0 Å². The third kappa shape index (κ3) is 4.10. The van der Waals surface area contributed by atoms with Crippen LogP contribution in [0, 0.1) is 5.92 Å². The van der Waals surface area contributed by atoms with Crippen LogP contribution in [0.5, 0.6) is 0 Å². The van der Waals surface area contributed by atoms with E-state index in [0.717, 1.165) is 29.8 Å². The van der Waals surface area contributed by atoms with E-state index in [1.165, 1.54) is 12.8 Å². The number of aromatic nitrogens is 1. The number of pyridine rings is 1. The Morgan fingerprint density at radius 1 is 1.44 bits per heavy atom. The number of hydrogen-bond donors (Lipinski definition) is 1. The molecule has 1 aliphatic rings. The van der Waals surface area contributed by atoms with Crippen LogP contribution in [0.3, 0.4) is 0 Å². The second-order valence-corrected chi connectivity index (χ2v) is 7.07. The molecule has 2 atom stereocenters. The van der Waals surface area contributed by atoms with Gasteiger partial charge in [-0.1, -0.05) is 25.1 Å². The molecule has 2 heterocycles. The quantitative estimate of drug-likeness (QED) is 0.907. The van der Waals surface area contributed by atoms with Crippen molar-refractivity contribution >= 4 is 22.6 Å². The molecule has 0 bridgehead atoms. The fourth-order valence-corrected chi connectivity index (χ4v) is 3.50. The number of methoxy groups -OCH3 is 1. The maximum atomic E-state index is 12.8. The second-order valence-electron chi connectivity index (χ2n) is 7.07. The minimum atomic E-state index is -0.0746. The Balaban J connectivity index is 1.96. The summed E-state index contributed by atoms with van der Waals surface area (Å²) in [6.07, 6.45) is 2.42. The molecule has 1 aromatic heterocycles. The first-order valence-electron chi connectivity index (χ1n) is 9.03. The first kappa shape index (κ1) is 17.7. The van der Waals surface area contributed by atoms with Gasteiger partial charge in [0.1, 0.15) is 5.82 Å². The molecule has 5 heteroatoms. The van der Waals surface area contributed by atoms with Gasteiger partial charge < -0.3 is 15.0 Å². The number of anilines is 1. The van der Waals surface area contributed by atoms with E-state index >= 15 is 0 Å². The van der Waals surface area contributed by atoms with Crippen LogP contribution in [-0.2, 0) is 4.74 Å². The highest BCUT2D eigenvalue weighted by atomic mass is 16.5. The van der Waals surface area contributed by atoms with E-state index in [-0.39, 0.29) is 11.9 Å². The summed E-state index contributed by atoms with van der Waals surface area (Å²) in [6, 6.07) is 9.75. The largest absolute Gasteiger partial charge is 0.383 e. The van der Waals surface area contributed by atoms with Crippen LogP contribution in [0.4, 0.5) is 5.82 Å². The first-order valence-corrected chi connectivity index (χ1v) is 9.03. The van der Waals surface area contributed by atoms with Gasteiger partial charge in [-0.3, -0.25) is 4.79 Å². The van der Waals surface area contributed by atoms with Crippen LogP contribution < -0.4 is 10.2 Å². The summed E-state index contributed by atoms with van der Waals surface area (Å²) < 4.78 is 5.12. The molecule has 25 heavy (non-hydrogen) atoms. The van der Waals surface area contributed by atoms with Gasteiger partial charge >= 0.3 is 0 Å². The van der Waals surface area contributed by atoms with Crippen molar-refractivity contribution in [1.82, 2.24) is 10.3 Å². The van der Waals surface area contributed by atoms with Crippen molar-refractivity contribution in [2.45, 2.75) is 32.7 Å². The van der Waals surface area contributed by atoms with Crippen LogP contribution >= 0.6 is 0 Å². The number of benzene rings is 1. The number of rotatable bonds is 5. The van der Waals surface area contributed by atoms with Gasteiger partial charge in [0.05, 0.1) is 17.7 Å². The number of piperidine rings is 1. The summed E-state index contributed by atoms with van der Waals surface area (Å²) in [5.41, 5.74) is 1.55. The van der Waals surface area contributed by atoms with Gasteiger partial charge in [0.15, 0.2) is 0 Å². The lowest BCUT2D eigenvalue weighted by Crippen LogP contribution is -2.37. The molecule has 0 spiro atoms. The predicted molar refractivity (Wildman–Crippen MR) is 101 cm³/mol. The molecule has 1 fully saturated rings. The highest BCUT2D eigenvalue weighted by Crippen LogP contribution is 2.26. The van der Waals surface area contributed by atoms with E-state index in [4.69, 9.17) is 9.72 Å². The minimum absolute atomic E-state index is 0.0390. The van der Waals surface area contributed by atoms with E-state index in [9.17, 15) is 4.79 Å². The number of carbonyl (C=O) groups excluding carboxylic acids is 1. The molecule has 134 valence electrons. The summed E-state index contributed by atoms with van der Waals surface area (Å²) in [4.78, 5) is 19.9. The number of amides is 1. The summed E-state index contributed by atoms with van der Waals surface area (Å²) in [5.74, 6) is 1.48. The highest BCUT2D eigenvalue weighted by molar-refractivity contribution is 6.07. The maximum Gasteiger partial charge on any atom is 0.252 e. The van der Waals surface area contributed by atoms with Crippen LogP contribution in [0.2, 0.25) is 0 Å². The number of nitrogens with one attached hydrogen (secondary N) is 1. The fourth-order valence-electron chi connectivity index (χ4n) is 3.50. The van der Waals surface area contributed by atoms with E-state index in [1.54, 1.807) is 7.11 Å². The standard InChI is InChI=1S/C20H27N3O2/c1-14-7-6-10-23(12-14)19-11-17(20(24)21-15(2)13-25-3)16-8-4-5-9-18(16)22-19/h4-5,8-9,11,14-15H,6-7,10,12-13H2,1-3H3,(H,21,24)/t14-,15-/m1/s1. The molecule has 5 nitrogen and oxygen atoms in total. The Kier molecular flexibility index (Phi) is 5.53. The molecule has 1 saturated heterocycles. The normalized spacial score (nSPS) is 19.0. The zero-order valence-corrected chi connectivity index (χ0v) is 15.3. The van der Waals surface area contributed by atoms with E-state index in [1.807, 2.05) is 37.3 Å². The number of nitrogens with zero attached hydrogens (tertiary/aromatic N) is 2. The molecular formula is C20H27N3O2. The number of hydrogen-bond acceptors (Lipinski definition) is 4. The number of carbonyl (C=O) groups is 1. The number of para-hydroxylation sites is 1. The Bertz CT molecular complexity index is 747. The fraction of sp³-hybridized carbons (Fsp3) is 0.500. The molecule has 1 aromatic carbocycles. The zero-order valence-electron chi connectivity index (χ0n) is 15.3. The summed E-state index contributed by atoms with van der Waals surface area (Å²) in [6.45, 7) is 6.69. The Morgan fingerprint density at radius 2 is 2.24 bits per heavy atom. The smallest absolute Gasteiger partial charge is 0.252 e. The highest BCUT2D eigenvalue weighted by Gasteiger charge is 2.21. The SMILES string of the molecule is COC[C@@H](C)NC(=O)c1cc(N2CCC[C@@H](C)C2)nc2ccccc12. The molecule has 2 aromatic rings. The van der Waals surface area contributed by atoms with Crippen LogP contribution in [-0.4, -0.2) is 43.7 Å². The zero-order chi connectivity index (χ0) is 17.8. The van der Waals surface area contributed by atoms with E-state index in [2.05, 4.69) is 17.1 Å². The van der Waals surface area contributed by atoms with Crippen LogP contribution in [0.25, 0.3) is 10.9 Å². The topological polar surface area (TPSA) is 54.5 Å². The van der Waals surface area contributed by atoms with Crippen molar-refractivity contribution in [3.05, 3.63) is 35.9 Å². The van der Waals surface area contributed by atoms with Gasteiger partial charge in [0.25, 0.3) is 5.91 Å². The molecule has 1 amide bonds. The van der Waals surface area contributed by atoms with Gasteiger partial charge in [0.2, 0.25) is 0 Å². The van der Waals surface area contributed by atoms with Crippen molar-refractivity contribution < 1.29 is 9.53 Å². The first-order chi connectivity index (χ1) is 12.1. The second kappa shape index (κ2) is 7.83. The maximum absolute atomic E-state index is 12.8. The molecule has 1 aliphatic heterocycles. The van der Waals surface area contributed by atoms with E-state index in [0.29, 0.717) is 18.1 Å².